The van der Waals surface area contributed by atoms with Crippen molar-refractivity contribution in [2.24, 2.45) is 0 Å². The minimum Gasteiger partial charge on any atom is -0.481 e. The second-order valence-electron chi connectivity index (χ2n) is 5.71. The lowest BCUT2D eigenvalue weighted by atomic mass is 10.0. The zero-order chi connectivity index (χ0) is 15.4. The first-order valence-electron chi connectivity index (χ1n) is 7.24. The maximum atomic E-state index is 11.8. The van der Waals surface area contributed by atoms with Crippen molar-refractivity contribution in [1.82, 2.24) is 9.80 Å². The summed E-state index contributed by atoms with van der Waals surface area (Å²) < 4.78 is 0. The van der Waals surface area contributed by atoms with Gasteiger partial charge in [-0.05, 0) is 12.5 Å². The second kappa shape index (κ2) is 6.72. The van der Waals surface area contributed by atoms with E-state index in [1.165, 1.54) is 12.5 Å². The molecule has 5 nitrogen and oxygen atoms in total. The Balaban J connectivity index is 2.09. The molecule has 1 aliphatic rings. The quantitative estimate of drug-likeness (QED) is 0.914. The molecule has 0 unspecified atom stereocenters. The largest absolute Gasteiger partial charge is 0.481 e. The molecule has 0 aromatic heterocycles. The number of piperazine rings is 1. The van der Waals surface area contributed by atoms with Gasteiger partial charge in [0.2, 0.25) is 5.91 Å². The Morgan fingerprint density at radius 2 is 1.90 bits per heavy atom. The van der Waals surface area contributed by atoms with Crippen molar-refractivity contribution in [1.29, 1.82) is 0 Å². The van der Waals surface area contributed by atoms with Gasteiger partial charge in [0.05, 0.1) is 12.5 Å². The fraction of sp³-hybridized carbons (Fsp3) is 0.500. The number of carboxylic acids is 1. The zero-order valence-electron chi connectivity index (χ0n) is 12.5. The molecular formula is C16H22N2O3. The summed E-state index contributed by atoms with van der Waals surface area (Å²) in [4.78, 5) is 26.8. The summed E-state index contributed by atoms with van der Waals surface area (Å²) in [5.41, 5.74) is 1.20. The highest BCUT2D eigenvalue weighted by Crippen LogP contribution is 2.20. The fourth-order valence-electron chi connectivity index (χ4n) is 3.18. The number of benzene rings is 1. The van der Waals surface area contributed by atoms with Crippen LogP contribution in [0.25, 0.3) is 0 Å². The molecule has 1 saturated heterocycles. The number of hydrogen-bond donors (Lipinski definition) is 1. The molecule has 0 aliphatic carbocycles. The standard InChI is InChI=1S/C16H22N2O3/c1-12-9-17(10-14-6-4-3-5-7-14)11-15(8-16(20)21)18(12)13(2)19/h3-7,12,15H,8-11H2,1-2H3,(H,20,21)/t12-,15-/m1/s1. The van der Waals surface area contributed by atoms with E-state index in [0.717, 1.165) is 13.1 Å². The highest BCUT2D eigenvalue weighted by Gasteiger charge is 2.34. The van der Waals surface area contributed by atoms with Crippen LogP contribution in [0.1, 0.15) is 25.8 Å². The molecule has 1 amide bonds. The van der Waals surface area contributed by atoms with Gasteiger partial charge in [-0.2, -0.15) is 0 Å². The van der Waals surface area contributed by atoms with Crippen molar-refractivity contribution in [2.45, 2.75) is 38.9 Å². The van der Waals surface area contributed by atoms with Gasteiger partial charge in [0.15, 0.2) is 0 Å². The smallest absolute Gasteiger partial charge is 0.305 e. The number of nitrogens with zero attached hydrogens (tertiary/aromatic N) is 2. The number of amides is 1. The Kier molecular flexibility index (Phi) is 4.96. The predicted molar refractivity (Wildman–Crippen MR) is 79.7 cm³/mol. The minimum atomic E-state index is -0.861. The third-order valence-electron chi connectivity index (χ3n) is 3.88. The van der Waals surface area contributed by atoms with E-state index in [1.807, 2.05) is 25.1 Å². The van der Waals surface area contributed by atoms with Crippen LogP contribution in [0.5, 0.6) is 0 Å². The topological polar surface area (TPSA) is 60.9 Å². The summed E-state index contributed by atoms with van der Waals surface area (Å²) in [5, 5.41) is 9.07. The molecule has 1 aromatic carbocycles. The molecule has 0 saturated carbocycles. The highest BCUT2D eigenvalue weighted by atomic mass is 16.4. The minimum absolute atomic E-state index is 0.00475. The van der Waals surface area contributed by atoms with Crippen LogP contribution in [0.2, 0.25) is 0 Å². The molecule has 2 atom stereocenters. The van der Waals surface area contributed by atoms with Crippen LogP contribution in [0, 0.1) is 0 Å². The van der Waals surface area contributed by atoms with E-state index in [1.54, 1.807) is 4.90 Å². The molecule has 1 heterocycles. The van der Waals surface area contributed by atoms with Gasteiger partial charge >= 0.3 is 5.97 Å². The lowest BCUT2D eigenvalue weighted by Crippen LogP contribution is -2.59. The molecule has 21 heavy (non-hydrogen) atoms. The van der Waals surface area contributed by atoms with Gasteiger partial charge in [0.1, 0.15) is 0 Å². The average Bonchev–Trinajstić information content (AvgIpc) is 2.38. The van der Waals surface area contributed by atoms with E-state index in [2.05, 4.69) is 17.0 Å². The van der Waals surface area contributed by atoms with E-state index in [9.17, 15) is 9.59 Å². The second-order valence-corrected chi connectivity index (χ2v) is 5.71. The Morgan fingerprint density at radius 1 is 1.24 bits per heavy atom. The number of rotatable bonds is 4. The van der Waals surface area contributed by atoms with Gasteiger partial charge in [0, 0.05) is 32.6 Å². The SMILES string of the molecule is CC(=O)N1[C@H](CC(=O)O)CN(Cc2ccccc2)C[C@H]1C. The van der Waals surface area contributed by atoms with Crippen LogP contribution < -0.4 is 0 Å². The Hall–Kier alpha value is -1.88. The number of carboxylic acid groups (broad SMARTS) is 1. The van der Waals surface area contributed by atoms with Crippen molar-refractivity contribution in [3.05, 3.63) is 35.9 Å². The normalized spacial score (nSPS) is 23.0. The maximum Gasteiger partial charge on any atom is 0.305 e. The Labute approximate surface area is 125 Å². The van der Waals surface area contributed by atoms with Gasteiger partial charge in [-0.1, -0.05) is 30.3 Å². The molecule has 1 fully saturated rings. The van der Waals surface area contributed by atoms with Crippen LogP contribution in [0.4, 0.5) is 0 Å². The molecule has 5 heteroatoms. The van der Waals surface area contributed by atoms with Gasteiger partial charge < -0.3 is 10.0 Å². The Morgan fingerprint density at radius 3 is 2.48 bits per heavy atom. The van der Waals surface area contributed by atoms with Gasteiger partial charge in [-0.3, -0.25) is 14.5 Å². The molecule has 1 N–H and O–H groups in total. The van der Waals surface area contributed by atoms with E-state index in [4.69, 9.17) is 5.11 Å². The van der Waals surface area contributed by atoms with Crippen LogP contribution in [0.3, 0.4) is 0 Å². The number of hydrogen-bond acceptors (Lipinski definition) is 3. The number of aliphatic carboxylic acids is 1. The van der Waals surface area contributed by atoms with Crippen LogP contribution in [-0.4, -0.2) is 52.0 Å². The van der Waals surface area contributed by atoms with Crippen molar-refractivity contribution < 1.29 is 14.7 Å². The van der Waals surface area contributed by atoms with E-state index in [0.29, 0.717) is 6.54 Å². The summed E-state index contributed by atoms with van der Waals surface area (Å²) in [5.74, 6) is -0.909. The summed E-state index contributed by atoms with van der Waals surface area (Å²) in [6.45, 7) is 5.65. The first-order chi connectivity index (χ1) is 9.97. The summed E-state index contributed by atoms with van der Waals surface area (Å²) >= 11 is 0. The maximum absolute atomic E-state index is 11.8. The summed E-state index contributed by atoms with van der Waals surface area (Å²) in [6.07, 6.45) is -0.00475. The van der Waals surface area contributed by atoms with Crippen molar-refractivity contribution in [3.8, 4) is 0 Å². The molecule has 1 aromatic rings. The van der Waals surface area contributed by atoms with Crippen LogP contribution in [0.15, 0.2) is 30.3 Å². The van der Waals surface area contributed by atoms with E-state index in [-0.39, 0.29) is 24.4 Å². The Bertz CT molecular complexity index is 504. The van der Waals surface area contributed by atoms with E-state index >= 15 is 0 Å². The summed E-state index contributed by atoms with van der Waals surface area (Å²) in [7, 11) is 0. The number of carbonyl (C=O) groups is 2. The molecule has 0 spiro atoms. The zero-order valence-corrected chi connectivity index (χ0v) is 12.5. The van der Waals surface area contributed by atoms with Crippen LogP contribution in [-0.2, 0) is 16.1 Å². The molecule has 0 radical (unpaired) electrons. The number of carbonyl (C=O) groups excluding carboxylic acids is 1. The average molecular weight is 290 g/mol. The monoisotopic (exact) mass is 290 g/mol. The molecule has 2 rings (SSSR count). The third-order valence-corrected chi connectivity index (χ3v) is 3.88. The fourth-order valence-corrected chi connectivity index (χ4v) is 3.18. The lowest BCUT2D eigenvalue weighted by molar-refractivity contribution is -0.144. The van der Waals surface area contributed by atoms with Gasteiger partial charge in [-0.15, -0.1) is 0 Å². The van der Waals surface area contributed by atoms with Crippen LogP contribution >= 0.6 is 0 Å². The van der Waals surface area contributed by atoms with Crippen molar-refractivity contribution in [3.63, 3.8) is 0 Å². The van der Waals surface area contributed by atoms with Gasteiger partial charge in [0.25, 0.3) is 0 Å². The van der Waals surface area contributed by atoms with Gasteiger partial charge in [-0.25, -0.2) is 0 Å². The van der Waals surface area contributed by atoms with Crippen molar-refractivity contribution >= 4 is 11.9 Å². The third kappa shape index (κ3) is 4.04. The molecule has 1 aliphatic heterocycles. The lowest BCUT2D eigenvalue weighted by Gasteiger charge is -2.45. The predicted octanol–water partition coefficient (Wildman–Crippen LogP) is 1.58. The first-order valence-corrected chi connectivity index (χ1v) is 7.24. The highest BCUT2D eigenvalue weighted by molar-refractivity contribution is 5.75. The molecule has 0 bridgehead atoms. The first kappa shape index (κ1) is 15.5. The summed E-state index contributed by atoms with van der Waals surface area (Å²) in [6, 6.07) is 9.88. The van der Waals surface area contributed by atoms with E-state index < -0.39 is 5.97 Å². The molecule has 114 valence electrons. The molecular weight excluding hydrogens is 268 g/mol. The van der Waals surface area contributed by atoms with Crippen molar-refractivity contribution in [2.75, 3.05) is 13.1 Å².